The van der Waals surface area contributed by atoms with Crippen LogP contribution in [0.4, 0.5) is 0 Å². The number of ether oxygens (including phenoxy) is 1. The second-order valence-corrected chi connectivity index (χ2v) is 7.02. The zero-order valence-electron chi connectivity index (χ0n) is 18.6. The van der Waals surface area contributed by atoms with Gasteiger partial charge in [-0.25, -0.2) is 4.79 Å². The number of hydrogen-bond donors (Lipinski definition) is 1. The Morgan fingerprint density at radius 1 is 0.879 bits per heavy atom. The Labute approximate surface area is 193 Å². The minimum atomic E-state index is -0.889. The third-order valence-corrected chi connectivity index (χ3v) is 4.70. The highest BCUT2D eigenvalue weighted by atomic mass is 16.5. The van der Waals surface area contributed by atoms with Gasteiger partial charge in [-0.05, 0) is 48.8 Å². The van der Waals surface area contributed by atoms with Gasteiger partial charge in [-0.15, -0.1) is 0 Å². The van der Waals surface area contributed by atoms with Crippen LogP contribution in [-0.4, -0.2) is 29.1 Å². The first kappa shape index (κ1) is 23.3. The summed E-state index contributed by atoms with van der Waals surface area (Å²) in [5.74, 6) is -1.61. The predicted octanol–water partition coefficient (Wildman–Crippen LogP) is 4.65. The van der Waals surface area contributed by atoms with E-state index in [0.29, 0.717) is 11.3 Å². The first-order chi connectivity index (χ1) is 16.1. The van der Waals surface area contributed by atoms with Crippen LogP contribution in [0.3, 0.4) is 0 Å². The van der Waals surface area contributed by atoms with Gasteiger partial charge in [0.25, 0.3) is 5.78 Å². The third-order valence-electron chi connectivity index (χ3n) is 4.70. The summed E-state index contributed by atoms with van der Waals surface area (Å²) < 4.78 is 4.86. The van der Waals surface area contributed by atoms with E-state index in [9.17, 15) is 9.59 Å². The normalized spacial score (nSPS) is 12.2. The quantitative estimate of drug-likeness (QED) is 0.131. The van der Waals surface area contributed by atoms with Crippen molar-refractivity contribution in [3.63, 3.8) is 0 Å². The monoisotopic (exact) mass is 439 g/mol. The fourth-order valence-electron chi connectivity index (χ4n) is 3.00. The molecule has 1 N–H and O–H groups in total. The molecule has 166 valence electrons. The van der Waals surface area contributed by atoms with E-state index in [1.54, 1.807) is 25.4 Å². The molecule has 3 rings (SSSR count). The van der Waals surface area contributed by atoms with Crippen LogP contribution in [0.1, 0.15) is 30.5 Å². The molecule has 3 aromatic rings. The lowest BCUT2D eigenvalue weighted by Gasteiger charge is -2.11. The number of nitrogens with zero attached hydrogens (tertiary/aromatic N) is 2. The van der Waals surface area contributed by atoms with Gasteiger partial charge in [0.15, 0.2) is 0 Å². The Morgan fingerprint density at radius 3 is 2.09 bits per heavy atom. The molecule has 1 aromatic heterocycles. The molecule has 0 aliphatic rings. The average Bonchev–Trinajstić information content (AvgIpc) is 2.87. The van der Waals surface area contributed by atoms with E-state index >= 15 is 0 Å². The molecule has 0 radical (unpaired) electrons. The van der Waals surface area contributed by atoms with E-state index < -0.39 is 11.8 Å². The Balaban J connectivity index is 2.04. The van der Waals surface area contributed by atoms with Crippen LogP contribution in [-0.2, 0) is 14.3 Å². The van der Waals surface area contributed by atoms with Gasteiger partial charge < -0.3 is 4.74 Å². The smallest absolute Gasteiger partial charge is 0.379 e. The third kappa shape index (κ3) is 6.83. The summed E-state index contributed by atoms with van der Waals surface area (Å²) in [4.78, 5) is 28.4. The molecule has 0 unspecified atom stereocenters. The van der Waals surface area contributed by atoms with Crippen molar-refractivity contribution in [2.45, 2.75) is 13.8 Å². The molecule has 0 fully saturated rings. The van der Waals surface area contributed by atoms with Crippen LogP contribution in [0, 0.1) is 0 Å². The maximum atomic E-state index is 12.5. The van der Waals surface area contributed by atoms with Crippen molar-refractivity contribution in [1.29, 1.82) is 0 Å². The standard InChI is InChI=1S/C27H25N3O3/c1-3-33-27(32)26(31)19-24(22-10-6-4-7-11-22)18-25(23-12-8-5-9-13-23)30-29-20(2)21-14-16-28-17-15-21/h4-19,30H,3H2,1-2H3. The lowest BCUT2D eigenvalue weighted by Crippen LogP contribution is -2.15. The topological polar surface area (TPSA) is 80.7 Å². The molecule has 33 heavy (non-hydrogen) atoms. The fraction of sp³-hybridized carbons (Fsp3) is 0.111. The number of hydrazone groups is 1. The molecule has 0 saturated carbocycles. The van der Waals surface area contributed by atoms with Gasteiger partial charge in [0, 0.05) is 24.0 Å². The van der Waals surface area contributed by atoms with E-state index in [1.165, 1.54) is 6.08 Å². The zero-order valence-corrected chi connectivity index (χ0v) is 18.6. The van der Waals surface area contributed by atoms with Crippen LogP contribution < -0.4 is 5.43 Å². The van der Waals surface area contributed by atoms with Gasteiger partial charge in [-0.2, -0.15) is 5.10 Å². The Kier molecular flexibility index (Phi) is 8.42. The Morgan fingerprint density at radius 2 is 1.48 bits per heavy atom. The van der Waals surface area contributed by atoms with Gasteiger partial charge in [0.1, 0.15) is 0 Å². The van der Waals surface area contributed by atoms with Gasteiger partial charge in [0.05, 0.1) is 18.0 Å². The second-order valence-electron chi connectivity index (χ2n) is 7.02. The highest BCUT2D eigenvalue weighted by Gasteiger charge is 2.14. The van der Waals surface area contributed by atoms with Gasteiger partial charge >= 0.3 is 5.97 Å². The molecule has 2 aromatic carbocycles. The van der Waals surface area contributed by atoms with Crippen LogP contribution in [0.2, 0.25) is 0 Å². The number of aromatic nitrogens is 1. The number of ketones is 1. The van der Waals surface area contributed by atoms with Crippen molar-refractivity contribution in [1.82, 2.24) is 10.4 Å². The van der Waals surface area contributed by atoms with Gasteiger partial charge in [-0.1, -0.05) is 60.7 Å². The number of hydrogen-bond acceptors (Lipinski definition) is 6. The number of rotatable bonds is 9. The summed E-state index contributed by atoms with van der Waals surface area (Å²) in [5.41, 5.74) is 7.69. The molecule has 6 nitrogen and oxygen atoms in total. The lowest BCUT2D eigenvalue weighted by molar-refractivity contribution is -0.151. The molecule has 0 atom stereocenters. The van der Waals surface area contributed by atoms with E-state index in [2.05, 4.69) is 15.5 Å². The number of nitrogens with one attached hydrogen (secondary N) is 1. The first-order valence-electron chi connectivity index (χ1n) is 10.5. The Bertz CT molecular complexity index is 1170. The van der Waals surface area contributed by atoms with Gasteiger partial charge in [-0.3, -0.25) is 15.2 Å². The number of pyridine rings is 1. The summed E-state index contributed by atoms with van der Waals surface area (Å²) in [6.45, 7) is 3.69. The maximum absolute atomic E-state index is 12.5. The highest BCUT2D eigenvalue weighted by molar-refractivity contribution is 6.39. The van der Waals surface area contributed by atoms with Gasteiger partial charge in [0.2, 0.25) is 0 Å². The number of allylic oxidation sites excluding steroid dienone is 2. The van der Waals surface area contributed by atoms with Crippen molar-refractivity contribution in [3.8, 4) is 0 Å². The number of esters is 1. The summed E-state index contributed by atoms with van der Waals surface area (Å²) in [7, 11) is 0. The Hall–Kier alpha value is -4.32. The molecular weight excluding hydrogens is 414 g/mol. The summed E-state index contributed by atoms with van der Waals surface area (Å²) in [5, 5.41) is 4.53. The summed E-state index contributed by atoms with van der Waals surface area (Å²) in [6, 6.07) is 22.7. The predicted molar refractivity (Wildman–Crippen MR) is 130 cm³/mol. The van der Waals surface area contributed by atoms with Crippen molar-refractivity contribution in [3.05, 3.63) is 114 Å². The number of carbonyl (C=O) groups is 2. The van der Waals surface area contributed by atoms with Crippen molar-refractivity contribution in [2.24, 2.45) is 5.10 Å². The maximum Gasteiger partial charge on any atom is 0.379 e. The fourth-order valence-corrected chi connectivity index (χ4v) is 3.00. The minimum absolute atomic E-state index is 0.134. The van der Waals surface area contributed by atoms with Crippen LogP contribution in [0.25, 0.3) is 11.3 Å². The molecule has 0 bridgehead atoms. The van der Waals surface area contributed by atoms with Crippen molar-refractivity contribution >= 4 is 28.7 Å². The molecule has 1 heterocycles. The van der Waals surface area contributed by atoms with Crippen molar-refractivity contribution < 1.29 is 14.3 Å². The molecule has 0 saturated heterocycles. The second kappa shape index (κ2) is 11.9. The highest BCUT2D eigenvalue weighted by Crippen LogP contribution is 2.22. The lowest BCUT2D eigenvalue weighted by atomic mass is 10.0. The molecular formula is C27H25N3O3. The van der Waals surface area contributed by atoms with E-state index in [4.69, 9.17) is 4.74 Å². The molecule has 0 amide bonds. The number of carbonyl (C=O) groups excluding carboxylic acids is 2. The molecule has 0 aliphatic heterocycles. The van der Waals surface area contributed by atoms with E-state index in [1.807, 2.05) is 79.7 Å². The van der Waals surface area contributed by atoms with Crippen LogP contribution >= 0.6 is 0 Å². The van der Waals surface area contributed by atoms with E-state index in [0.717, 1.165) is 22.4 Å². The average molecular weight is 440 g/mol. The van der Waals surface area contributed by atoms with Crippen LogP contribution in [0.5, 0.6) is 0 Å². The first-order valence-corrected chi connectivity index (χ1v) is 10.5. The molecule has 0 spiro atoms. The number of benzene rings is 2. The van der Waals surface area contributed by atoms with E-state index in [-0.39, 0.29) is 6.61 Å². The van der Waals surface area contributed by atoms with Crippen LogP contribution in [0.15, 0.2) is 102 Å². The zero-order chi connectivity index (χ0) is 23.5. The largest absolute Gasteiger partial charge is 0.460 e. The minimum Gasteiger partial charge on any atom is -0.460 e. The molecule has 6 heteroatoms. The SMILES string of the molecule is CCOC(=O)C(=O)C=C(C=C(NN=C(C)c1ccncc1)c1ccccc1)c1ccccc1. The summed E-state index contributed by atoms with van der Waals surface area (Å²) in [6.07, 6.45) is 6.50. The van der Waals surface area contributed by atoms with Crippen molar-refractivity contribution in [2.75, 3.05) is 6.61 Å². The molecule has 0 aliphatic carbocycles. The summed E-state index contributed by atoms with van der Waals surface area (Å²) >= 11 is 0.